The Hall–Kier alpha value is -1.85. The van der Waals surface area contributed by atoms with Crippen LogP contribution in [0.1, 0.15) is 43.0 Å². The third-order valence-corrected chi connectivity index (χ3v) is 5.49. The molecule has 0 unspecified atom stereocenters. The molecule has 1 N–H and O–H groups in total. The Morgan fingerprint density at radius 3 is 2.67 bits per heavy atom. The van der Waals surface area contributed by atoms with Crippen LogP contribution in [0.3, 0.4) is 0 Å². The van der Waals surface area contributed by atoms with Gasteiger partial charge in [-0.1, -0.05) is 48.0 Å². The van der Waals surface area contributed by atoms with Crippen LogP contribution in [0.4, 0.5) is 0 Å². The first-order chi connectivity index (χ1) is 11.2. The van der Waals surface area contributed by atoms with Crippen LogP contribution in [0, 0.1) is 6.92 Å². The molecule has 3 rings (SSSR count). The number of rotatable bonds is 4. The lowest BCUT2D eigenvalue weighted by Crippen LogP contribution is -2.41. The van der Waals surface area contributed by atoms with Crippen LogP contribution < -0.4 is 9.46 Å². The van der Waals surface area contributed by atoms with E-state index in [1.54, 1.807) is 0 Å². The summed E-state index contributed by atoms with van der Waals surface area (Å²) in [6.45, 7) is 5.91. The molecule has 0 amide bonds. The molecule has 0 aromatic heterocycles. The van der Waals surface area contributed by atoms with E-state index in [1.165, 1.54) is 0 Å². The highest BCUT2D eigenvalue weighted by Gasteiger charge is 2.35. The van der Waals surface area contributed by atoms with E-state index in [4.69, 9.17) is 4.74 Å². The van der Waals surface area contributed by atoms with E-state index in [1.807, 2.05) is 69.3 Å². The summed E-state index contributed by atoms with van der Waals surface area (Å²) in [6.07, 6.45) is 0.594. The van der Waals surface area contributed by atoms with Crippen molar-refractivity contribution in [3.8, 4) is 5.75 Å². The smallest absolute Gasteiger partial charge is 0.216 e. The van der Waals surface area contributed by atoms with Gasteiger partial charge in [-0.05, 0) is 32.4 Å². The summed E-state index contributed by atoms with van der Waals surface area (Å²) in [4.78, 5) is 0. The van der Waals surface area contributed by atoms with Crippen LogP contribution in [0.5, 0.6) is 5.75 Å². The molecule has 1 heterocycles. The normalized spacial score (nSPS) is 19.4. The molecule has 0 spiro atoms. The molecule has 0 bridgehead atoms. The molecule has 1 aliphatic rings. The van der Waals surface area contributed by atoms with Gasteiger partial charge in [-0.25, -0.2) is 13.1 Å². The molecule has 0 fully saturated rings. The van der Waals surface area contributed by atoms with Crippen molar-refractivity contribution in [2.45, 2.75) is 44.6 Å². The quantitative estimate of drug-likeness (QED) is 0.919. The third kappa shape index (κ3) is 3.97. The summed E-state index contributed by atoms with van der Waals surface area (Å²) in [7, 11) is -3.45. The average Bonchev–Trinajstić information content (AvgIpc) is 2.45. The van der Waals surface area contributed by atoms with E-state index in [2.05, 4.69) is 4.72 Å². The Labute approximate surface area is 143 Å². The number of aryl methyl sites for hydroxylation is 1. The van der Waals surface area contributed by atoms with Crippen LogP contribution in [-0.4, -0.2) is 14.0 Å². The van der Waals surface area contributed by atoms with Crippen molar-refractivity contribution in [2.75, 3.05) is 0 Å². The van der Waals surface area contributed by atoms with Crippen molar-refractivity contribution >= 4 is 10.0 Å². The lowest BCUT2D eigenvalue weighted by atomic mass is 9.90. The monoisotopic (exact) mass is 345 g/mol. The van der Waals surface area contributed by atoms with E-state index in [0.29, 0.717) is 6.42 Å². The van der Waals surface area contributed by atoms with Crippen LogP contribution in [0.2, 0.25) is 0 Å². The zero-order chi connectivity index (χ0) is 17.4. The highest BCUT2D eigenvalue weighted by Crippen LogP contribution is 2.39. The largest absolute Gasteiger partial charge is 0.487 e. The fourth-order valence-electron chi connectivity index (χ4n) is 3.19. The first-order valence-electron chi connectivity index (χ1n) is 8.08. The molecule has 0 radical (unpaired) electrons. The summed E-state index contributed by atoms with van der Waals surface area (Å²) >= 11 is 0. The summed E-state index contributed by atoms with van der Waals surface area (Å²) in [5.41, 5.74) is 2.33. The number of ether oxygens (including phenoxy) is 1. The van der Waals surface area contributed by atoms with Gasteiger partial charge in [0.1, 0.15) is 11.4 Å². The van der Waals surface area contributed by atoms with E-state index in [-0.39, 0.29) is 11.8 Å². The van der Waals surface area contributed by atoms with Gasteiger partial charge in [0.15, 0.2) is 0 Å². The van der Waals surface area contributed by atoms with Crippen LogP contribution in [0.25, 0.3) is 0 Å². The van der Waals surface area contributed by atoms with Crippen molar-refractivity contribution in [1.29, 1.82) is 0 Å². The van der Waals surface area contributed by atoms with E-state index >= 15 is 0 Å². The first-order valence-corrected chi connectivity index (χ1v) is 9.73. The molecule has 0 aliphatic carbocycles. The van der Waals surface area contributed by atoms with Gasteiger partial charge < -0.3 is 4.74 Å². The molecule has 2 aromatic rings. The molecule has 5 heteroatoms. The Morgan fingerprint density at radius 2 is 1.92 bits per heavy atom. The number of benzene rings is 2. The maximum absolute atomic E-state index is 12.6. The van der Waals surface area contributed by atoms with Crippen LogP contribution in [0.15, 0.2) is 48.5 Å². The van der Waals surface area contributed by atoms with Gasteiger partial charge in [0.25, 0.3) is 0 Å². The number of fused-ring (bicyclic) bond motifs is 1. The second-order valence-corrected chi connectivity index (χ2v) is 8.78. The number of hydrogen-bond donors (Lipinski definition) is 1. The topological polar surface area (TPSA) is 55.4 Å². The lowest BCUT2D eigenvalue weighted by Gasteiger charge is -2.37. The summed E-state index contributed by atoms with van der Waals surface area (Å²) in [6, 6.07) is 14.9. The Balaban J connectivity index is 1.84. The van der Waals surface area contributed by atoms with Gasteiger partial charge in [0.05, 0.1) is 11.8 Å². The van der Waals surface area contributed by atoms with E-state index in [9.17, 15) is 8.42 Å². The summed E-state index contributed by atoms with van der Waals surface area (Å²) in [5, 5.41) is 0. The minimum Gasteiger partial charge on any atom is -0.487 e. The zero-order valence-corrected chi connectivity index (χ0v) is 15.1. The predicted octanol–water partition coefficient (Wildman–Crippen LogP) is 3.72. The summed E-state index contributed by atoms with van der Waals surface area (Å²) < 4.78 is 34.1. The van der Waals surface area contributed by atoms with E-state index < -0.39 is 15.6 Å². The fraction of sp³-hybridized carbons (Fsp3) is 0.368. The maximum Gasteiger partial charge on any atom is 0.216 e. The van der Waals surface area contributed by atoms with Gasteiger partial charge in [0.2, 0.25) is 10.0 Å². The number of para-hydroxylation sites is 1. The third-order valence-electron chi connectivity index (χ3n) is 4.14. The first kappa shape index (κ1) is 17.0. The average molecular weight is 345 g/mol. The molecule has 0 saturated heterocycles. The standard InChI is InChI=1S/C19H23NO3S/c1-14-7-6-8-15(11-14)13-24(21,22)20-17-12-19(2,3)23-18-10-5-4-9-16(17)18/h4-11,17,20H,12-13H2,1-3H3/t17-/m1/s1. The van der Waals surface area contributed by atoms with Gasteiger partial charge >= 0.3 is 0 Å². The van der Waals surface area contributed by atoms with Gasteiger partial charge in [0, 0.05) is 12.0 Å². The Kier molecular flexibility index (Phi) is 4.40. The second-order valence-electron chi connectivity index (χ2n) is 7.02. The maximum atomic E-state index is 12.6. The van der Waals surface area contributed by atoms with Gasteiger partial charge in [-0.3, -0.25) is 0 Å². The predicted molar refractivity (Wildman–Crippen MR) is 95.4 cm³/mol. The van der Waals surface area contributed by atoms with Crippen molar-refractivity contribution in [2.24, 2.45) is 0 Å². The lowest BCUT2D eigenvalue weighted by molar-refractivity contribution is 0.0702. The number of sulfonamides is 1. The minimum atomic E-state index is -3.45. The SMILES string of the molecule is Cc1cccc(CS(=O)(=O)N[C@@H]2CC(C)(C)Oc3ccccc32)c1. The number of hydrogen-bond acceptors (Lipinski definition) is 3. The molecule has 1 atom stereocenters. The van der Waals surface area contributed by atoms with Gasteiger partial charge in [-0.15, -0.1) is 0 Å². The van der Waals surface area contributed by atoms with Crippen molar-refractivity contribution < 1.29 is 13.2 Å². The number of nitrogens with one attached hydrogen (secondary N) is 1. The van der Waals surface area contributed by atoms with Crippen LogP contribution in [-0.2, 0) is 15.8 Å². The van der Waals surface area contributed by atoms with E-state index in [0.717, 1.165) is 22.4 Å². The fourth-order valence-corrected chi connectivity index (χ4v) is 4.53. The Bertz CT molecular complexity index is 843. The summed E-state index contributed by atoms with van der Waals surface area (Å²) in [5.74, 6) is 0.728. The molecule has 4 nitrogen and oxygen atoms in total. The molecule has 24 heavy (non-hydrogen) atoms. The Morgan fingerprint density at radius 1 is 1.17 bits per heavy atom. The highest BCUT2D eigenvalue weighted by molar-refractivity contribution is 7.88. The minimum absolute atomic E-state index is 0.0192. The molecule has 1 aliphatic heterocycles. The molecular formula is C19H23NO3S. The molecular weight excluding hydrogens is 322 g/mol. The molecule has 2 aromatic carbocycles. The zero-order valence-electron chi connectivity index (χ0n) is 14.2. The molecule has 128 valence electrons. The van der Waals surface area contributed by atoms with Gasteiger partial charge in [-0.2, -0.15) is 0 Å². The second kappa shape index (κ2) is 6.22. The van der Waals surface area contributed by atoms with Crippen molar-refractivity contribution in [3.05, 3.63) is 65.2 Å². The van der Waals surface area contributed by atoms with Crippen molar-refractivity contribution in [1.82, 2.24) is 4.72 Å². The highest BCUT2D eigenvalue weighted by atomic mass is 32.2. The van der Waals surface area contributed by atoms with Crippen molar-refractivity contribution in [3.63, 3.8) is 0 Å². The van der Waals surface area contributed by atoms with Crippen LogP contribution >= 0.6 is 0 Å². The molecule has 0 saturated carbocycles.